The van der Waals surface area contributed by atoms with Gasteiger partial charge in [0.25, 0.3) is 0 Å². The lowest BCUT2D eigenvalue weighted by atomic mass is 10.1. The highest BCUT2D eigenvalue weighted by Crippen LogP contribution is 2.19. The van der Waals surface area contributed by atoms with Crippen LogP contribution in [0.2, 0.25) is 0 Å². The third-order valence-electron chi connectivity index (χ3n) is 1.99. The van der Waals surface area contributed by atoms with E-state index in [1.54, 1.807) is 12.1 Å². The molecule has 0 aliphatic rings. The minimum absolute atomic E-state index is 0.189. The SMILES string of the molecule is C=CC(OC(C)=O)c1ccc(C(=O)O)cc1. The number of carbonyl (C=O) groups is 2. The van der Waals surface area contributed by atoms with Gasteiger partial charge in [0.2, 0.25) is 0 Å². The van der Waals surface area contributed by atoms with Crippen LogP contribution in [0.4, 0.5) is 0 Å². The summed E-state index contributed by atoms with van der Waals surface area (Å²) in [6.45, 7) is 4.86. The molecule has 1 rings (SSSR count). The summed E-state index contributed by atoms with van der Waals surface area (Å²) in [6.07, 6.45) is 0.942. The molecule has 0 spiro atoms. The Bertz CT molecular complexity index is 406. The van der Waals surface area contributed by atoms with Crippen molar-refractivity contribution < 1.29 is 19.4 Å². The number of aromatic carboxylic acids is 1. The molecule has 1 aromatic rings. The molecule has 0 saturated heterocycles. The van der Waals surface area contributed by atoms with Crippen molar-refractivity contribution in [2.75, 3.05) is 0 Å². The Kier molecular flexibility index (Phi) is 3.83. The second-order valence-corrected chi connectivity index (χ2v) is 3.19. The van der Waals surface area contributed by atoms with E-state index in [-0.39, 0.29) is 5.56 Å². The van der Waals surface area contributed by atoms with E-state index in [1.807, 2.05) is 0 Å². The number of carboxylic acids is 1. The quantitative estimate of drug-likeness (QED) is 0.624. The van der Waals surface area contributed by atoms with Gasteiger partial charge >= 0.3 is 11.9 Å². The van der Waals surface area contributed by atoms with Gasteiger partial charge in [-0.3, -0.25) is 4.79 Å². The highest BCUT2D eigenvalue weighted by atomic mass is 16.5. The highest BCUT2D eigenvalue weighted by molar-refractivity contribution is 5.87. The Morgan fingerprint density at radius 2 is 1.94 bits per heavy atom. The van der Waals surface area contributed by atoms with E-state index >= 15 is 0 Å². The number of hydrogen-bond acceptors (Lipinski definition) is 3. The van der Waals surface area contributed by atoms with Crippen molar-refractivity contribution in [3.63, 3.8) is 0 Å². The smallest absolute Gasteiger partial charge is 0.335 e. The molecular formula is C12H12O4. The van der Waals surface area contributed by atoms with Crippen LogP contribution in [0.1, 0.15) is 28.9 Å². The summed E-state index contributed by atoms with van der Waals surface area (Å²) in [7, 11) is 0. The van der Waals surface area contributed by atoms with Gasteiger partial charge in [-0.2, -0.15) is 0 Å². The molecule has 4 nitrogen and oxygen atoms in total. The molecule has 0 radical (unpaired) electrons. The number of ether oxygens (including phenoxy) is 1. The zero-order valence-electron chi connectivity index (χ0n) is 8.84. The normalized spacial score (nSPS) is 11.6. The van der Waals surface area contributed by atoms with Crippen LogP contribution in [-0.4, -0.2) is 17.0 Å². The number of benzene rings is 1. The molecule has 1 N–H and O–H groups in total. The molecule has 1 aromatic carbocycles. The summed E-state index contributed by atoms with van der Waals surface area (Å²) >= 11 is 0. The lowest BCUT2D eigenvalue weighted by molar-refractivity contribution is -0.144. The van der Waals surface area contributed by atoms with Crippen molar-refractivity contribution >= 4 is 11.9 Å². The third kappa shape index (κ3) is 2.95. The first kappa shape index (κ1) is 12.0. The highest BCUT2D eigenvalue weighted by Gasteiger charge is 2.11. The number of hydrogen-bond donors (Lipinski definition) is 1. The molecule has 0 aliphatic carbocycles. The fourth-order valence-corrected chi connectivity index (χ4v) is 1.25. The molecule has 84 valence electrons. The van der Waals surface area contributed by atoms with Crippen LogP contribution in [0.5, 0.6) is 0 Å². The van der Waals surface area contributed by atoms with Gasteiger partial charge in [0.05, 0.1) is 5.56 Å². The molecule has 4 heteroatoms. The molecule has 0 saturated carbocycles. The molecule has 0 bridgehead atoms. The predicted molar refractivity (Wildman–Crippen MR) is 58.1 cm³/mol. The molecule has 0 aromatic heterocycles. The predicted octanol–water partition coefficient (Wildman–Crippen LogP) is 2.17. The summed E-state index contributed by atoms with van der Waals surface area (Å²) in [6, 6.07) is 6.10. The van der Waals surface area contributed by atoms with E-state index in [4.69, 9.17) is 9.84 Å². The average molecular weight is 220 g/mol. The fourth-order valence-electron chi connectivity index (χ4n) is 1.25. The lowest BCUT2D eigenvalue weighted by Crippen LogP contribution is -2.06. The molecular weight excluding hydrogens is 208 g/mol. The van der Waals surface area contributed by atoms with E-state index in [9.17, 15) is 9.59 Å². The standard InChI is InChI=1S/C12H12O4/c1-3-11(16-8(2)13)9-4-6-10(7-5-9)12(14)15/h3-7,11H,1H2,2H3,(H,14,15). The molecule has 1 atom stereocenters. The maximum atomic E-state index is 10.8. The van der Waals surface area contributed by atoms with E-state index in [2.05, 4.69) is 6.58 Å². The van der Waals surface area contributed by atoms with Gasteiger partial charge in [-0.15, -0.1) is 0 Å². The Balaban J connectivity index is 2.90. The fraction of sp³-hybridized carbons (Fsp3) is 0.167. The molecule has 0 heterocycles. The van der Waals surface area contributed by atoms with Gasteiger partial charge in [-0.25, -0.2) is 4.79 Å². The molecule has 0 aliphatic heterocycles. The Hall–Kier alpha value is -2.10. The number of carboxylic acid groups (broad SMARTS) is 1. The summed E-state index contributed by atoms with van der Waals surface area (Å²) in [5.74, 6) is -1.40. The second kappa shape index (κ2) is 5.11. The topological polar surface area (TPSA) is 63.6 Å². The Labute approximate surface area is 93.2 Å². The zero-order chi connectivity index (χ0) is 12.1. The van der Waals surface area contributed by atoms with E-state index in [0.29, 0.717) is 5.56 Å². The summed E-state index contributed by atoms with van der Waals surface area (Å²) in [5, 5.41) is 8.71. The molecule has 1 unspecified atom stereocenters. The second-order valence-electron chi connectivity index (χ2n) is 3.19. The summed E-state index contributed by atoms with van der Waals surface area (Å²) in [5.41, 5.74) is 0.879. The first-order valence-electron chi connectivity index (χ1n) is 4.67. The van der Waals surface area contributed by atoms with Crippen molar-refractivity contribution in [1.82, 2.24) is 0 Å². The number of esters is 1. The van der Waals surface area contributed by atoms with Crippen LogP contribution >= 0.6 is 0 Å². The van der Waals surface area contributed by atoms with Crippen molar-refractivity contribution in [1.29, 1.82) is 0 Å². The van der Waals surface area contributed by atoms with Crippen molar-refractivity contribution in [3.8, 4) is 0 Å². The van der Waals surface area contributed by atoms with Gasteiger partial charge in [0, 0.05) is 6.92 Å². The van der Waals surface area contributed by atoms with Crippen LogP contribution in [0.25, 0.3) is 0 Å². The van der Waals surface area contributed by atoms with Gasteiger partial charge < -0.3 is 9.84 Å². The number of carbonyl (C=O) groups excluding carboxylic acids is 1. The van der Waals surface area contributed by atoms with Gasteiger partial charge in [0.15, 0.2) is 0 Å². The van der Waals surface area contributed by atoms with Gasteiger partial charge in [0.1, 0.15) is 6.10 Å². The monoisotopic (exact) mass is 220 g/mol. The summed E-state index contributed by atoms with van der Waals surface area (Å²) < 4.78 is 4.98. The molecule has 16 heavy (non-hydrogen) atoms. The van der Waals surface area contributed by atoms with Crippen molar-refractivity contribution in [3.05, 3.63) is 48.0 Å². The lowest BCUT2D eigenvalue weighted by Gasteiger charge is -2.12. The Morgan fingerprint density at radius 3 is 2.31 bits per heavy atom. The van der Waals surface area contributed by atoms with E-state index in [1.165, 1.54) is 25.1 Å². The minimum Gasteiger partial charge on any atom is -0.478 e. The first-order chi connectivity index (χ1) is 7.54. The molecule has 0 fully saturated rings. The van der Waals surface area contributed by atoms with E-state index < -0.39 is 18.0 Å². The van der Waals surface area contributed by atoms with Crippen molar-refractivity contribution in [2.24, 2.45) is 0 Å². The van der Waals surface area contributed by atoms with Gasteiger partial charge in [-0.05, 0) is 23.8 Å². The Morgan fingerprint density at radius 1 is 1.38 bits per heavy atom. The van der Waals surface area contributed by atoms with Gasteiger partial charge in [-0.1, -0.05) is 18.7 Å². The molecule has 0 amide bonds. The van der Waals surface area contributed by atoms with Crippen LogP contribution in [-0.2, 0) is 9.53 Å². The average Bonchev–Trinajstić information content (AvgIpc) is 2.25. The van der Waals surface area contributed by atoms with Crippen molar-refractivity contribution in [2.45, 2.75) is 13.0 Å². The maximum Gasteiger partial charge on any atom is 0.335 e. The first-order valence-corrected chi connectivity index (χ1v) is 4.67. The summed E-state index contributed by atoms with van der Waals surface area (Å²) in [4.78, 5) is 21.4. The third-order valence-corrected chi connectivity index (χ3v) is 1.99. The van der Waals surface area contributed by atoms with Crippen LogP contribution in [0.3, 0.4) is 0 Å². The van der Waals surface area contributed by atoms with Crippen LogP contribution in [0.15, 0.2) is 36.9 Å². The number of rotatable bonds is 4. The van der Waals surface area contributed by atoms with Crippen LogP contribution in [0, 0.1) is 0 Å². The minimum atomic E-state index is -0.991. The zero-order valence-corrected chi connectivity index (χ0v) is 8.84. The maximum absolute atomic E-state index is 10.8. The van der Waals surface area contributed by atoms with E-state index in [0.717, 1.165) is 0 Å². The largest absolute Gasteiger partial charge is 0.478 e. The van der Waals surface area contributed by atoms with Crippen LogP contribution < -0.4 is 0 Å².